The lowest BCUT2D eigenvalue weighted by molar-refractivity contribution is 0.187. The van der Waals surface area contributed by atoms with Crippen molar-refractivity contribution in [2.45, 2.75) is 45.7 Å². The predicted molar refractivity (Wildman–Crippen MR) is 103 cm³/mol. The molecule has 2 aliphatic carbocycles. The summed E-state index contributed by atoms with van der Waals surface area (Å²) in [6, 6.07) is 20.5. The Kier molecular flexibility index (Phi) is 3.59. The van der Waals surface area contributed by atoms with Crippen LogP contribution in [0.25, 0.3) is 0 Å². The third-order valence-corrected chi connectivity index (χ3v) is 11.0. The molecular formula is C22H27OP. The van der Waals surface area contributed by atoms with Crippen molar-refractivity contribution >= 4 is 17.8 Å². The van der Waals surface area contributed by atoms with E-state index in [1.54, 1.807) is 0 Å². The van der Waals surface area contributed by atoms with Gasteiger partial charge in [-0.05, 0) is 36.0 Å². The summed E-state index contributed by atoms with van der Waals surface area (Å²) in [7, 11) is -2.70. The van der Waals surface area contributed by atoms with Crippen LogP contribution in [0.4, 0.5) is 0 Å². The summed E-state index contributed by atoms with van der Waals surface area (Å²) in [5.74, 6) is 0.702. The zero-order valence-electron chi connectivity index (χ0n) is 14.9. The summed E-state index contributed by atoms with van der Waals surface area (Å²) in [4.78, 5) is 0. The van der Waals surface area contributed by atoms with E-state index in [2.05, 4.69) is 45.0 Å². The van der Waals surface area contributed by atoms with Crippen molar-refractivity contribution in [3.8, 4) is 0 Å². The Bertz CT molecular complexity index is 732. The third-order valence-electron chi connectivity index (χ3n) is 6.84. The summed E-state index contributed by atoms with van der Waals surface area (Å²) in [6.07, 6.45) is 3.74. The van der Waals surface area contributed by atoms with Gasteiger partial charge in [0.25, 0.3) is 0 Å². The smallest absolute Gasteiger partial charge is 0.147 e. The first-order valence-corrected chi connectivity index (χ1v) is 10.9. The molecule has 2 aromatic rings. The molecule has 24 heavy (non-hydrogen) atoms. The predicted octanol–water partition coefficient (Wildman–Crippen LogP) is 5.22. The monoisotopic (exact) mass is 338 g/mol. The van der Waals surface area contributed by atoms with Crippen LogP contribution in [0.1, 0.15) is 40.0 Å². The molecule has 0 amide bonds. The first kappa shape index (κ1) is 16.2. The van der Waals surface area contributed by atoms with Crippen LogP contribution in [0.15, 0.2) is 60.7 Å². The summed E-state index contributed by atoms with van der Waals surface area (Å²) in [5.41, 5.74) is 0.532. The second kappa shape index (κ2) is 5.33. The van der Waals surface area contributed by atoms with Crippen molar-refractivity contribution in [2.24, 2.45) is 16.7 Å². The van der Waals surface area contributed by atoms with Crippen LogP contribution in [0.5, 0.6) is 0 Å². The molecule has 1 nitrogen and oxygen atoms in total. The lowest BCUT2D eigenvalue weighted by atomic mass is 9.72. The van der Waals surface area contributed by atoms with Crippen molar-refractivity contribution in [3.05, 3.63) is 60.7 Å². The van der Waals surface area contributed by atoms with Crippen LogP contribution in [0.2, 0.25) is 0 Å². The highest BCUT2D eigenvalue weighted by atomic mass is 31.2. The van der Waals surface area contributed by atoms with Gasteiger partial charge in [0.1, 0.15) is 7.14 Å². The van der Waals surface area contributed by atoms with Gasteiger partial charge in [-0.15, -0.1) is 0 Å². The molecule has 2 saturated carbocycles. The highest BCUT2D eigenvalue weighted by molar-refractivity contribution is 7.79. The molecule has 2 aliphatic rings. The van der Waals surface area contributed by atoms with Gasteiger partial charge < -0.3 is 4.57 Å². The molecule has 0 unspecified atom stereocenters. The van der Waals surface area contributed by atoms with Gasteiger partial charge in [0.2, 0.25) is 0 Å². The van der Waals surface area contributed by atoms with Crippen LogP contribution < -0.4 is 10.6 Å². The molecule has 0 spiro atoms. The van der Waals surface area contributed by atoms with Crippen LogP contribution >= 0.6 is 7.14 Å². The zero-order valence-corrected chi connectivity index (χ0v) is 15.8. The standard InChI is InChI=1S/C22H27OP/c1-21(2)17-14-15-22(3,16-17)20(21)24(23,18-10-6-4-7-11-18)19-12-8-5-9-13-19/h4-13,17,20H,14-16H2,1-3H3/t17-,20+,22+/m0/s1. The first-order chi connectivity index (χ1) is 11.4. The fourth-order valence-corrected chi connectivity index (χ4v) is 10.3. The first-order valence-electron chi connectivity index (χ1n) is 9.10. The molecule has 2 fully saturated rings. The molecule has 0 aliphatic heterocycles. The summed E-state index contributed by atoms with van der Waals surface area (Å²) in [6.45, 7) is 7.13. The Morgan fingerprint density at radius 3 is 1.79 bits per heavy atom. The van der Waals surface area contributed by atoms with Gasteiger partial charge in [-0.3, -0.25) is 0 Å². The molecular weight excluding hydrogens is 311 g/mol. The number of benzene rings is 2. The van der Waals surface area contributed by atoms with E-state index in [-0.39, 0.29) is 16.5 Å². The van der Waals surface area contributed by atoms with Gasteiger partial charge in [-0.25, -0.2) is 0 Å². The number of hydrogen-bond acceptors (Lipinski definition) is 1. The maximum atomic E-state index is 14.8. The second-order valence-electron chi connectivity index (χ2n) is 8.65. The molecule has 2 bridgehead atoms. The topological polar surface area (TPSA) is 17.1 Å². The van der Waals surface area contributed by atoms with Gasteiger partial charge in [0.05, 0.1) is 0 Å². The average Bonchev–Trinajstić information content (AvgIpc) is 3.07. The Morgan fingerprint density at radius 1 is 0.875 bits per heavy atom. The molecule has 0 heterocycles. The third kappa shape index (κ3) is 2.10. The molecule has 0 aromatic heterocycles. The van der Waals surface area contributed by atoms with E-state index in [1.807, 2.05) is 36.4 Å². The van der Waals surface area contributed by atoms with E-state index >= 15 is 0 Å². The summed E-state index contributed by atoms with van der Waals surface area (Å²) >= 11 is 0. The Hall–Kier alpha value is -1.33. The minimum absolute atomic E-state index is 0.119. The van der Waals surface area contributed by atoms with Crippen LogP contribution in [-0.2, 0) is 4.57 Å². The van der Waals surface area contributed by atoms with Gasteiger partial charge in [-0.2, -0.15) is 0 Å². The molecule has 2 heteroatoms. The second-order valence-corrected chi connectivity index (χ2v) is 11.5. The lowest BCUT2D eigenvalue weighted by Gasteiger charge is -2.47. The Morgan fingerprint density at radius 2 is 1.38 bits per heavy atom. The molecule has 3 atom stereocenters. The van der Waals surface area contributed by atoms with Gasteiger partial charge in [0, 0.05) is 16.3 Å². The van der Waals surface area contributed by atoms with E-state index in [4.69, 9.17) is 0 Å². The largest absolute Gasteiger partial charge is 0.313 e. The fourth-order valence-electron chi connectivity index (χ4n) is 5.93. The summed E-state index contributed by atoms with van der Waals surface area (Å²) in [5, 5.41) is 2.06. The Labute approximate surface area is 145 Å². The van der Waals surface area contributed by atoms with Crippen molar-refractivity contribution in [2.75, 3.05) is 0 Å². The molecule has 0 N–H and O–H groups in total. The highest BCUT2D eigenvalue weighted by Crippen LogP contribution is 2.74. The molecule has 126 valence electrons. The zero-order chi connectivity index (χ0) is 17.0. The molecule has 4 rings (SSSR count). The van der Waals surface area contributed by atoms with E-state index in [9.17, 15) is 4.57 Å². The molecule has 2 aromatic carbocycles. The van der Waals surface area contributed by atoms with E-state index < -0.39 is 7.14 Å². The van der Waals surface area contributed by atoms with Gasteiger partial charge in [0.15, 0.2) is 0 Å². The maximum absolute atomic E-state index is 14.8. The fraction of sp³-hybridized carbons (Fsp3) is 0.455. The summed E-state index contributed by atoms with van der Waals surface area (Å²) < 4.78 is 14.8. The minimum Gasteiger partial charge on any atom is -0.313 e. The maximum Gasteiger partial charge on any atom is 0.147 e. The highest BCUT2D eigenvalue weighted by Gasteiger charge is 2.65. The normalized spacial score (nSPS) is 31.3. The van der Waals surface area contributed by atoms with Crippen molar-refractivity contribution in [1.82, 2.24) is 0 Å². The minimum atomic E-state index is -2.70. The van der Waals surface area contributed by atoms with Crippen LogP contribution in [-0.4, -0.2) is 5.66 Å². The number of hydrogen-bond donors (Lipinski definition) is 0. The van der Waals surface area contributed by atoms with E-state index in [0.29, 0.717) is 5.92 Å². The lowest BCUT2D eigenvalue weighted by Crippen LogP contribution is -2.44. The van der Waals surface area contributed by atoms with E-state index in [0.717, 1.165) is 10.6 Å². The van der Waals surface area contributed by atoms with Gasteiger partial charge in [-0.1, -0.05) is 81.4 Å². The Balaban J connectivity index is 1.97. The number of rotatable bonds is 3. The SMILES string of the molecule is CC1(C)[C@H]2CC[C@](C)(C2)[C@@H]1P(=O)(c1ccccc1)c1ccccc1. The van der Waals surface area contributed by atoms with E-state index in [1.165, 1.54) is 19.3 Å². The average molecular weight is 338 g/mol. The van der Waals surface area contributed by atoms with Crippen molar-refractivity contribution in [3.63, 3.8) is 0 Å². The van der Waals surface area contributed by atoms with Crippen molar-refractivity contribution in [1.29, 1.82) is 0 Å². The quantitative estimate of drug-likeness (QED) is 0.702. The molecule has 0 radical (unpaired) electrons. The van der Waals surface area contributed by atoms with Crippen LogP contribution in [0.3, 0.4) is 0 Å². The van der Waals surface area contributed by atoms with Crippen LogP contribution in [0, 0.1) is 16.7 Å². The van der Waals surface area contributed by atoms with Crippen molar-refractivity contribution < 1.29 is 4.57 Å². The van der Waals surface area contributed by atoms with Gasteiger partial charge >= 0.3 is 0 Å². The molecule has 0 saturated heterocycles. The number of fused-ring (bicyclic) bond motifs is 2.